The Morgan fingerprint density at radius 1 is 1.62 bits per heavy atom. The number of carbonyl (C=O) groups excluding carboxylic acids is 1. The van der Waals surface area contributed by atoms with Crippen LogP contribution in [-0.4, -0.2) is 15.4 Å². The SMILES string of the molecule is CC(C)C([Si])C(=O)S. The van der Waals surface area contributed by atoms with E-state index >= 15 is 0 Å². The lowest BCUT2D eigenvalue weighted by molar-refractivity contribution is -0.111. The van der Waals surface area contributed by atoms with Gasteiger partial charge in [-0.15, -0.1) is 12.6 Å². The van der Waals surface area contributed by atoms with E-state index in [9.17, 15) is 4.79 Å². The maximum Gasteiger partial charge on any atom is 0.185 e. The van der Waals surface area contributed by atoms with Crippen LogP contribution in [0.4, 0.5) is 0 Å². The van der Waals surface area contributed by atoms with Crippen molar-refractivity contribution < 1.29 is 4.79 Å². The molecule has 0 aromatic carbocycles. The van der Waals surface area contributed by atoms with E-state index in [2.05, 4.69) is 22.9 Å². The molecule has 0 heterocycles. The van der Waals surface area contributed by atoms with Crippen LogP contribution in [0.1, 0.15) is 13.8 Å². The summed E-state index contributed by atoms with van der Waals surface area (Å²) in [6.45, 7) is 3.93. The van der Waals surface area contributed by atoms with Crippen LogP contribution in [0, 0.1) is 5.92 Å². The number of rotatable bonds is 2. The first-order chi connectivity index (χ1) is 3.55. The lowest BCUT2D eigenvalue weighted by Gasteiger charge is -2.08. The van der Waals surface area contributed by atoms with E-state index in [0.717, 1.165) is 0 Å². The number of hydrogen-bond donors (Lipinski definition) is 1. The van der Waals surface area contributed by atoms with Crippen molar-refractivity contribution in [3.63, 3.8) is 0 Å². The summed E-state index contributed by atoms with van der Waals surface area (Å²) in [6, 6.07) is 0. The van der Waals surface area contributed by atoms with Crippen LogP contribution in [-0.2, 0) is 4.79 Å². The fraction of sp³-hybridized carbons (Fsp3) is 0.800. The van der Waals surface area contributed by atoms with E-state index in [0.29, 0.717) is 5.92 Å². The molecule has 0 N–H and O–H groups in total. The molecule has 0 saturated carbocycles. The average Bonchev–Trinajstić information content (AvgIpc) is 1.64. The van der Waals surface area contributed by atoms with Gasteiger partial charge in [0.15, 0.2) is 5.12 Å². The Bertz CT molecular complexity index is 92.4. The summed E-state index contributed by atoms with van der Waals surface area (Å²) in [7, 11) is 3.23. The van der Waals surface area contributed by atoms with Crippen LogP contribution < -0.4 is 0 Å². The van der Waals surface area contributed by atoms with Crippen molar-refractivity contribution in [2.24, 2.45) is 5.92 Å². The largest absolute Gasteiger partial charge is 0.288 e. The summed E-state index contributed by atoms with van der Waals surface area (Å²) in [6.07, 6.45) is 0. The van der Waals surface area contributed by atoms with Gasteiger partial charge in [0.25, 0.3) is 0 Å². The molecule has 0 aliphatic rings. The minimum Gasteiger partial charge on any atom is -0.288 e. The highest BCUT2D eigenvalue weighted by Gasteiger charge is 2.11. The molecule has 45 valence electrons. The first kappa shape index (κ1) is 8.24. The summed E-state index contributed by atoms with van der Waals surface area (Å²) in [5.74, 6) is 0.330. The van der Waals surface area contributed by atoms with Gasteiger partial charge in [-0.25, -0.2) is 0 Å². The second kappa shape index (κ2) is 3.30. The molecule has 0 bridgehead atoms. The smallest absolute Gasteiger partial charge is 0.185 e. The van der Waals surface area contributed by atoms with E-state index in [1.54, 1.807) is 0 Å². The van der Waals surface area contributed by atoms with Crippen molar-refractivity contribution in [2.75, 3.05) is 0 Å². The normalized spacial score (nSPS) is 14.1. The molecule has 0 amide bonds. The standard InChI is InChI=1S/C5H9OSSi/c1-3(2)4(8)5(6)7/h3-4H,1-2H3,(H,6,7). The molecule has 0 saturated heterocycles. The molecule has 1 atom stereocenters. The Morgan fingerprint density at radius 3 is 2.00 bits per heavy atom. The van der Waals surface area contributed by atoms with Crippen molar-refractivity contribution in [2.45, 2.75) is 19.4 Å². The topological polar surface area (TPSA) is 17.1 Å². The third kappa shape index (κ3) is 2.52. The third-order valence-electron chi connectivity index (χ3n) is 0.933. The van der Waals surface area contributed by atoms with Gasteiger partial charge >= 0.3 is 0 Å². The Kier molecular flexibility index (Phi) is 3.40. The maximum atomic E-state index is 10.4. The Hall–Kier alpha value is 0.237. The van der Waals surface area contributed by atoms with Crippen molar-refractivity contribution in [1.29, 1.82) is 0 Å². The zero-order valence-electron chi connectivity index (χ0n) is 5.01. The van der Waals surface area contributed by atoms with E-state index in [-0.39, 0.29) is 10.7 Å². The summed E-state index contributed by atoms with van der Waals surface area (Å²) < 4.78 is 0. The molecule has 0 aliphatic carbocycles. The molecule has 0 aromatic heterocycles. The summed E-state index contributed by atoms with van der Waals surface area (Å²) >= 11 is 3.64. The molecule has 0 aliphatic heterocycles. The molecule has 0 rings (SSSR count). The highest BCUT2D eigenvalue weighted by molar-refractivity contribution is 7.96. The summed E-state index contributed by atoms with van der Waals surface area (Å²) in [5, 5.41) is -0.100. The molecule has 1 unspecified atom stereocenters. The van der Waals surface area contributed by atoms with Crippen molar-refractivity contribution >= 4 is 28.0 Å². The Labute approximate surface area is 58.7 Å². The van der Waals surface area contributed by atoms with Crippen LogP contribution in [0.25, 0.3) is 0 Å². The number of thiol groups is 1. The Balaban J connectivity index is 3.64. The molecule has 0 spiro atoms. The van der Waals surface area contributed by atoms with Gasteiger partial charge in [-0.3, -0.25) is 4.79 Å². The zero-order valence-corrected chi connectivity index (χ0v) is 6.90. The van der Waals surface area contributed by atoms with E-state index in [1.165, 1.54) is 0 Å². The predicted molar refractivity (Wildman–Crippen MR) is 38.3 cm³/mol. The van der Waals surface area contributed by atoms with Crippen molar-refractivity contribution in [1.82, 2.24) is 0 Å². The second-order valence-corrected chi connectivity index (χ2v) is 3.12. The average molecular weight is 145 g/mol. The van der Waals surface area contributed by atoms with Crippen LogP contribution in [0.3, 0.4) is 0 Å². The lowest BCUT2D eigenvalue weighted by atomic mass is 10.1. The van der Waals surface area contributed by atoms with E-state index in [1.807, 2.05) is 13.8 Å². The minimum atomic E-state index is -0.100. The molecule has 8 heavy (non-hydrogen) atoms. The predicted octanol–water partition coefficient (Wildman–Crippen LogP) is 1.06. The summed E-state index contributed by atoms with van der Waals surface area (Å²) in [5.41, 5.74) is -0.0988. The van der Waals surface area contributed by atoms with Crippen molar-refractivity contribution in [3.8, 4) is 0 Å². The first-order valence-corrected chi connectivity index (χ1v) is 3.52. The van der Waals surface area contributed by atoms with Gasteiger partial charge in [0, 0.05) is 15.8 Å². The fourth-order valence-electron chi connectivity index (χ4n) is 0.285. The lowest BCUT2D eigenvalue weighted by Crippen LogP contribution is -2.08. The highest BCUT2D eigenvalue weighted by atomic mass is 32.1. The Morgan fingerprint density at radius 2 is 2.00 bits per heavy atom. The molecule has 3 heteroatoms. The molecule has 0 aromatic rings. The van der Waals surface area contributed by atoms with Gasteiger partial charge in [-0.2, -0.15) is 0 Å². The van der Waals surface area contributed by atoms with Crippen LogP contribution in [0.15, 0.2) is 0 Å². The molecular formula is C5H9OSSi. The number of hydrogen-bond acceptors (Lipinski definition) is 1. The van der Waals surface area contributed by atoms with Gasteiger partial charge in [-0.1, -0.05) is 13.8 Å². The maximum absolute atomic E-state index is 10.4. The third-order valence-corrected chi connectivity index (χ3v) is 2.38. The molecule has 3 radical (unpaired) electrons. The summed E-state index contributed by atoms with van der Waals surface area (Å²) in [4.78, 5) is 10.4. The van der Waals surface area contributed by atoms with Gasteiger partial charge in [-0.05, 0) is 5.92 Å². The van der Waals surface area contributed by atoms with Crippen molar-refractivity contribution in [3.05, 3.63) is 0 Å². The highest BCUT2D eigenvalue weighted by Crippen LogP contribution is 2.14. The molecule has 0 fully saturated rings. The number of carbonyl (C=O) groups is 1. The van der Waals surface area contributed by atoms with Gasteiger partial charge < -0.3 is 0 Å². The van der Waals surface area contributed by atoms with Gasteiger partial charge in [0.2, 0.25) is 0 Å². The van der Waals surface area contributed by atoms with Gasteiger partial charge in [0.1, 0.15) is 0 Å². The van der Waals surface area contributed by atoms with Gasteiger partial charge in [0.05, 0.1) is 0 Å². The van der Waals surface area contributed by atoms with Crippen LogP contribution in [0.5, 0.6) is 0 Å². The fourth-order valence-corrected chi connectivity index (χ4v) is 0.583. The monoisotopic (exact) mass is 145 g/mol. The quantitative estimate of drug-likeness (QED) is 0.454. The first-order valence-electron chi connectivity index (χ1n) is 2.49. The van der Waals surface area contributed by atoms with E-state index < -0.39 is 0 Å². The molecule has 1 nitrogen and oxygen atoms in total. The zero-order chi connectivity index (χ0) is 6.73. The van der Waals surface area contributed by atoms with E-state index in [4.69, 9.17) is 0 Å². The minimum absolute atomic E-state index is 0.0988. The molecular weight excluding hydrogens is 136 g/mol. The van der Waals surface area contributed by atoms with Crippen LogP contribution in [0.2, 0.25) is 5.54 Å². The van der Waals surface area contributed by atoms with Crippen LogP contribution >= 0.6 is 12.6 Å². The second-order valence-electron chi connectivity index (χ2n) is 2.06.